The highest BCUT2D eigenvalue weighted by atomic mass is 79.9. The van der Waals surface area contributed by atoms with Crippen LogP contribution in [0.3, 0.4) is 0 Å². The van der Waals surface area contributed by atoms with Crippen molar-refractivity contribution in [3.05, 3.63) is 98.4 Å². The highest BCUT2D eigenvalue weighted by molar-refractivity contribution is 9.10. The summed E-state index contributed by atoms with van der Waals surface area (Å²) in [6, 6.07) is 17.8. The number of benzene rings is 2. The number of amides is 5. The van der Waals surface area contributed by atoms with Crippen LogP contribution >= 0.6 is 15.9 Å². The zero-order valence-electron chi connectivity index (χ0n) is 32.4. The van der Waals surface area contributed by atoms with Crippen LogP contribution in [0.2, 0.25) is 0 Å². The van der Waals surface area contributed by atoms with Crippen molar-refractivity contribution in [1.82, 2.24) is 29.4 Å². The number of rotatable bonds is 14. The van der Waals surface area contributed by atoms with Gasteiger partial charge >= 0.3 is 0 Å². The standard InChI is InChI=1S/C42H46BrN7O8/c1-26(9-14-35(52)44-25-51)50-40(54)32-6-5-7-33(37(32)41(50)55)58-23-27-15-18-48(19-16-27)36(53)24-57-31-12-10-28(11-13-31)29-20-30(22-47(2)21-29)45-39-38(43)42(56)49-17-4-3-8-34(49)46-39/h3-8,10-13,17,25-27,29-30,45H,9,14-16,18-24H2,1-2H3,(H,44,51,52). The van der Waals surface area contributed by atoms with Gasteiger partial charge < -0.3 is 24.6 Å². The molecule has 5 amide bonds. The molecule has 3 atom stereocenters. The molecule has 0 aliphatic carbocycles. The first-order chi connectivity index (χ1) is 28.0. The molecule has 2 saturated heterocycles. The molecular formula is C42H46BrN7O8. The topological polar surface area (TPSA) is 172 Å². The zero-order chi connectivity index (χ0) is 40.9. The Balaban J connectivity index is 0.864. The molecule has 15 nitrogen and oxygen atoms in total. The van der Waals surface area contributed by atoms with Crippen LogP contribution in [0.25, 0.3) is 5.65 Å². The van der Waals surface area contributed by atoms with Crippen molar-refractivity contribution in [3.63, 3.8) is 0 Å². The molecule has 16 heteroatoms. The first-order valence-electron chi connectivity index (χ1n) is 19.5. The number of hydrogen-bond acceptors (Lipinski definition) is 11. The quantitative estimate of drug-likeness (QED) is 0.138. The number of halogens is 1. The lowest BCUT2D eigenvalue weighted by Crippen LogP contribution is -2.43. The molecule has 2 N–H and O–H groups in total. The molecule has 2 fully saturated rings. The van der Waals surface area contributed by atoms with Crippen molar-refractivity contribution in [2.45, 2.75) is 57.0 Å². The molecule has 5 heterocycles. The number of pyridine rings is 1. The van der Waals surface area contributed by atoms with E-state index in [-0.39, 0.29) is 59.9 Å². The number of hydrogen-bond donors (Lipinski definition) is 2. The monoisotopic (exact) mass is 855 g/mol. The fourth-order valence-corrected chi connectivity index (χ4v) is 8.45. The van der Waals surface area contributed by atoms with Crippen molar-refractivity contribution in [1.29, 1.82) is 0 Å². The first kappa shape index (κ1) is 40.6. The number of nitrogens with zero attached hydrogens (tertiary/aromatic N) is 5. The molecule has 304 valence electrons. The average Bonchev–Trinajstić information content (AvgIpc) is 3.49. The van der Waals surface area contributed by atoms with Crippen LogP contribution in [0.5, 0.6) is 11.5 Å². The summed E-state index contributed by atoms with van der Waals surface area (Å²) >= 11 is 3.45. The third-order valence-electron chi connectivity index (χ3n) is 11.2. The fourth-order valence-electron chi connectivity index (χ4n) is 8.05. The van der Waals surface area contributed by atoms with Gasteiger partial charge in [0.25, 0.3) is 23.3 Å². The van der Waals surface area contributed by atoms with Crippen molar-refractivity contribution in [2.24, 2.45) is 5.92 Å². The normalized spacial score (nSPS) is 19.2. The Morgan fingerprint density at radius 2 is 1.76 bits per heavy atom. The minimum absolute atomic E-state index is 0.00679. The molecule has 2 aromatic carbocycles. The van der Waals surface area contributed by atoms with E-state index < -0.39 is 23.8 Å². The minimum atomic E-state index is -0.553. The molecule has 7 rings (SSSR count). The van der Waals surface area contributed by atoms with Crippen molar-refractivity contribution in [3.8, 4) is 11.5 Å². The molecule has 3 aliphatic heterocycles. The lowest BCUT2D eigenvalue weighted by atomic mass is 9.88. The summed E-state index contributed by atoms with van der Waals surface area (Å²) in [6.45, 7) is 4.72. The minimum Gasteiger partial charge on any atom is -0.492 e. The summed E-state index contributed by atoms with van der Waals surface area (Å²) in [6.07, 6.45) is 4.49. The molecule has 3 aliphatic rings. The van der Waals surface area contributed by atoms with Gasteiger partial charge in [-0.1, -0.05) is 24.3 Å². The molecular weight excluding hydrogens is 810 g/mol. The number of fused-ring (bicyclic) bond motifs is 2. The Morgan fingerprint density at radius 3 is 2.52 bits per heavy atom. The molecule has 2 aromatic heterocycles. The number of piperidine rings is 2. The number of carbonyl (C=O) groups excluding carboxylic acids is 5. The molecule has 0 saturated carbocycles. The molecule has 0 spiro atoms. The molecule has 3 unspecified atom stereocenters. The number of imide groups is 2. The maximum Gasteiger partial charge on any atom is 0.274 e. The van der Waals surface area contributed by atoms with Gasteiger partial charge in [0.1, 0.15) is 27.4 Å². The molecule has 58 heavy (non-hydrogen) atoms. The fraction of sp³-hybridized carbons (Fsp3) is 0.405. The van der Waals surface area contributed by atoms with Gasteiger partial charge in [0, 0.05) is 50.9 Å². The van der Waals surface area contributed by atoms with E-state index in [2.05, 4.69) is 43.5 Å². The number of carbonyl (C=O) groups is 5. The van der Waals surface area contributed by atoms with Crippen LogP contribution in [0.4, 0.5) is 5.82 Å². The van der Waals surface area contributed by atoms with Gasteiger partial charge in [-0.15, -0.1) is 0 Å². The highest BCUT2D eigenvalue weighted by Crippen LogP contribution is 2.34. The summed E-state index contributed by atoms with van der Waals surface area (Å²) in [5, 5.41) is 5.57. The van der Waals surface area contributed by atoms with E-state index >= 15 is 0 Å². The summed E-state index contributed by atoms with van der Waals surface area (Å²) in [7, 11) is 2.08. The van der Waals surface area contributed by atoms with Gasteiger partial charge in [-0.05, 0) is 109 Å². The first-order valence-corrected chi connectivity index (χ1v) is 20.3. The third kappa shape index (κ3) is 8.92. The van der Waals surface area contributed by atoms with Gasteiger partial charge in [0.05, 0.1) is 17.7 Å². The lowest BCUT2D eigenvalue weighted by molar-refractivity contribution is -0.135. The Labute approximate surface area is 343 Å². The predicted octanol–water partition coefficient (Wildman–Crippen LogP) is 4.09. The van der Waals surface area contributed by atoms with Crippen molar-refractivity contribution >= 4 is 57.4 Å². The molecule has 4 aromatic rings. The van der Waals surface area contributed by atoms with E-state index in [9.17, 15) is 28.8 Å². The second-order valence-corrected chi connectivity index (χ2v) is 16.0. The Morgan fingerprint density at radius 1 is 0.983 bits per heavy atom. The van der Waals surface area contributed by atoms with Gasteiger partial charge in [-0.3, -0.25) is 43.4 Å². The maximum absolute atomic E-state index is 13.4. The van der Waals surface area contributed by atoms with Gasteiger partial charge in [0.2, 0.25) is 12.3 Å². The van der Waals surface area contributed by atoms with Crippen LogP contribution in [0.15, 0.2) is 76.1 Å². The lowest BCUT2D eigenvalue weighted by Gasteiger charge is -2.36. The highest BCUT2D eigenvalue weighted by Gasteiger charge is 2.41. The smallest absolute Gasteiger partial charge is 0.274 e. The van der Waals surface area contributed by atoms with Crippen molar-refractivity contribution < 1.29 is 33.4 Å². The van der Waals surface area contributed by atoms with Crippen LogP contribution in [0.1, 0.15) is 71.2 Å². The summed E-state index contributed by atoms with van der Waals surface area (Å²) < 4.78 is 14.0. The van der Waals surface area contributed by atoms with E-state index in [4.69, 9.17) is 9.47 Å². The Kier molecular flexibility index (Phi) is 12.5. The van der Waals surface area contributed by atoms with Gasteiger partial charge in [-0.2, -0.15) is 0 Å². The summed E-state index contributed by atoms with van der Waals surface area (Å²) in [5.41, 5.74) is 2.04. The Hall–Kier alpha value is -5.61. The van der Waals surface area contributed by atoms with Crippen LogP contribution < -0.4 is 25.7 Å². The summed E-state index contributed by atoms with van der Waals surface area (Å²) in [5.74, 6) is 0.378. The van der Waals surface area contributed by atoms with Crippen LogP contribution in [-0.4, -0.2) is 113 Å². The number of ether oxygens (including phenoxy) is 2. The molecule has 0 radical (unpaired) electrons. The van der Waals surface area contributed by atoms with E-state index in [0.717, 1.165) is 30.0 Å². The summed E-state index contributed by atoms with van der Waals surface area (Å²) in [4.78, 5) is 84.7. The number of anilines is 1. The SMILES string of the molecule is CC(CCC(=O)NC=O)N1C(=O)c2cccc(OCC3CCN(C(=O)COc4ccc(C5CC(Nc6nc7ccccn7c(=O)c6Br)CN(C)C5)cc4)CC3)c2C1=O. The van der Waals surface area contributed by atoms with Crippen molar-refractivity contribution in [2.75, 3.05) is 51.8 Å². The van der Waals surface area contributed by atoms with Crippen LogP contribution in [-0.2, 0) is 14.4 Å². The second kappa shape index (κ2) is 17.9. The zero-order valence-corrected chi connectivity index (χ0v) is 34.0. The maximum atomic E-state index is 13.4. The largest absolute Gasteiger partial charge is 0.492 e. The number of likely N-dealkylation sites (N-methyl/N-ethyl adjacent to an activating group) is 1. The number of likely N-dealkylation sites (tertiary alicyclic amines) is 2. The van der Waals surface area contributed by atoms with E-state index in [1.165, 1.54) is 4.40 Å². The molecule has 0 bridgehead atoms. The van der Waals surface area contributed by atoms with E-state index in [1.54, 1.807) is 42.3 Å². The van der Waals surface area contributed by atoms with Gasteiger partial charge in [-0.25, -0.2) is 4.98 Å². The van der Waals surface area contributed by atoms with Crippen LogP contribution in [0, 0.1) is 5.92 Å². The Bertz CT molecular complexity index is 2260. The van der Waals surface area contributed by atoms with E-state index in [0.29, 0.717) is 66.4 Å². The van der Waals surface area contributed by atoms with E-state index in [1.807, 2.05) is 36.4 Å². The van der Waals surface area contributed by atoms with Gasteiger partial charge in [0.15, 0.2) is 6.61 Å². The average molecular weight is 857 g/mol. The third-order valence-corrected chi connectivity index (χ3v) is 11.9. The second-order valence-electron chi connectivity index (χ2n) is 15.2. The number of aromatic nitrogens is 2. The number of nitrogens with one attached hydrogen (secondary N) is 2. The predicted molar refractivity (Wildman–Crippen MR) is 218 cm³/mol.